The van der Waals surface area contributed by atoms with Crippen LogP contribution in [0.3, 0.4) is 0 Å². The molecule has 0 aliphatic carbocycles. The van der Waals surface area contributed by atoms with Crippen molar-refractivity contribution in [1.82, 2.24) is 0 Å². The van der Waals surface area contributed by atoms with E-state index >= 15 is 0 Å². The number of benzene rings is 3. The van der Waals surface area contributed by atoms with E-state index in [-0.39, 0.29) is 5.78 Å². The number of hydrogen-bond donors (Lipinski definition) is 0. The number of rotatable bonds is 5. The maximum atomic E-state index is 12.8. The van der Waals surface area contributed by atoms with Crippen LogP contribution in [-0.4, -0.2) is 5.78 Å². The minimum absolute atomic E-state index is 0.112. The summed E-state index contributed by atoms with van der Waals surface area (Å²) in [5.74, 6) is 1.91. The molecule has 0 fully saturated rings. The third kappa shape index (κ3) is 3.99. The first-order valence-electron chi connectivity index (χ1n) is 9.98. The molecule has 0 spiro atoms. The van der Waals surface area contributed by atoms with Gasteiger partial charge in [0.1, 0.15) is 18.1 Å². The van der Waals surface area contributed by atoms with Gasteiger partial charge in [-0.2, -0.15) is 0 Å². The van der Waals surface area contributed by atoms with E-state index in [1.54, 1.807) is 12.1 Å². The minimum atomic E-state index is -0.112. The highest BCUT2D eigenvalue weighted by molar-refractivity contribution is 6.31. The minimum Gasteiger partial charge on any atom is -0.488 e. The van der Waals surface area contributed by atoms with E-state index in [4.69, 9.17) is 21.1 Å². The van der Waals surface area contributed by atoms with Crippen LogP contribution in [0.15, 0.2) is 66.4 Å². The smallest absolute Gasteiger partial charge is 0.231 e. The van der Waals surface area contributed by atoms with Gasteiger partial charge in [0.25, 0.3) is 0 Å². The van der Waals surface area contributed by atoms with Crippen LogP contribution in [0.2, 0.25) is 5.02 Å². The molecule has 0 bridgehead atoms. The second-order valence-electron chi connectivity index (χ2n) is 7.71. The fourth-order valence-electron chi connectivity index (χ4n) is 3.42. The molecule has 3 aromatic carbocycles. The van der Waals surface area contributed by atoms with Crippen LogP contribution in [0, 0.1) is 6.92 Å². The van der Waals surface area contributed by atoms with Crippen molar-refractivity contribution in [2.45, 2.75) is 33.3 Å². The second kappa shape index (κ2) is 8.37. The topological polar surface area (TPSA) is 35.5 Å². The van der Waals surface area contributed by atoms with Gasteiger partial charge in [-0.05, 0) is 48.2 Å². The third-order valence-corrected chi connectivity index (χ3v) is 5.65. The molecule has 0 N–H and O–H groups in total. The number of ether oxygens (including phenoxy) is 2. The van der Waals surface area contributed by atoms with Gasteiger partial charge in [-0.15, -0.1) is 0 Å². The maximum absolute atomic E-state index is 12.8. The standard InChI is InChI=1S/C26H23ClO3/c1-16(2)19-10-8-18(9-11-19)14-24-25(28)21-12-13-23(17(3)26(21)30-24)29-15-20-6-4-5-7-22(20)27/h4-14,16H,15H2,1-3H3/b24-14-. The highest BCUT2D eigenvalue weighted by Gasteiger charge is 2.30. The van der Waals surface area contributed by atoms with E-state index in [2.05, 4.69) is 26.0 Å². The molecule has 1 aliphatic rings. The summed E-state index contributed by atoms with van der Waals surface area (Å²) in [5, 5.41) is 0.663. The average molecular weight is 419 g/mol. The first-order chi connectivity index (χ1) is 14.4. The Morgan fingerprint density at radius 2 is 1.77 bits per heavy atom. The molecule has 0 aromatic heterocycles. The summed E-state index contributed by atoms with van der Waals surface area (Å²) in [7, 11) is 0. The zero-order valence-electron chi connectivity index (χ0n) is 17.2. The normalized spacial score (nSPS) is 14.2. The first-order valence-corrected chi connectivity index (χ1v) is 10.4. The lowest BCUT2D eigenvalue weighted by Gasteiger charge is -2.12. The molecule has 0 unspecified atom stereocenters. The summed E-state index contributed by atoms with van der Waals surface area (Å²) in [4.78, 5) is 12.8. The number of fused-ring (bicyclic) bond motifs is 1. The number of ketones is 1. The molecular weight excluding hydrogens is 396 g/mol. The number of halogens is 1. The summed E-state index contributed by atoms with van der Waals surface area (Å²) in [5.41, 5.74) is 4.45. The van der Waals surface area contributed by atoms with Crippen molar-refractivity contribution < 1.29 is 14.3 Å². The largest absolute Gasteiger partial charge is 0.488 e. The van der Waals surface area contributed by atoms with Gasteiger partial charge >= 0.3 is 0 Å². The number of hydrogen-bond acceptors (Lipinski definition) is 3. The third-order valence-electron chi connectivity index (χ3n) is 5.28. The van der Waals surface area contributed by atoms with Gasteiger partial charge in [0, 0.05) is 16.1 Å². The lowest BCUT2D eigenvalue weighted by Crippen LogP contribution is -1.99. The highest BCUT2D eigenvalue weighted by atomic mass is 35.5. The van der Waals surface area contributed by atoms with E-state index in [1.807, 2.05) is 49.4 Å². The molecule has 0 saturated heterocycles. The molecule has 0 radical (unpaired) electrons. The van der Waals surface area contributed by atoms with Gasteiger partial charge in [-0.1, -0.05) is 67.9 Å². The highest BCUT2D eigenvalue weighted by Crippen LogP contribution is 2.39. The molecule has 0 saturated carbocycles. The Labute approximate surface area is 181 Å². The monoisotopic (exact) mass is 418 g/mol. The van der Waals surface area contributed by atoms with Gasteiger partial charge in [0.05, 0.1) is 5.56 Å². The van der Waals surface area contributed by atoms with Crippen molar-refractivity contribution in [3.05, 3.63) is 99.3 Å². The fraction of sp³-hybridized carbons (Fsp3) is 0.192. The van der Waals surface area contributed by atoms with Crippen molar-refractivity contribution in [3.8, 4) is 11.5 Å². The molecule has 30 heavy (non-hydrogen) atoms. The van der Waals surface area contributed by atoms with Crippen LogP contribution >= 0.6 is 11.6 Å². The zero-order chi connectivity index (χ0) is 21.3. The molecule has 3 nitrogen and oxygen atoms in total. The maximum Gasteiger partial charge on any atom is 0.231 e. The summed E-state index contributed by atoms with van der Waals surface area (Å²) < 4.78 is 11.9. The van der Waals surface area contributed by atoms with Gasteiger partial charge in [0.15, 0.2) is 5.76 Å². The van der Waals surface area contributed by atoms with Crippen molar-refractivity contribution >= 4 is 23.5 Å². The van der Waals surface area contributed by atoms with Crippen LogP contribution in [0.1, 0.15) is 52.4 Å². The van der Waals surface area contributed by atoms with Gasteiger partial charge in [-0.25, -0.2) is 0 Å². The van der Waals surface area contributed by atoms with Crippen molar-refractivity contribution in [2.24, 2.45) is 0 Å². The Morgan fingerprint density at radius 3 is 2.47 bits per heavy atom. The summed E-state index contributed by atoms with van der Waals surface area (Å²) in [6, 6.07) is 19.3. The van der Waals surface area contributed by atoms with Crippen molar-refractivity contribution in [3.63, 3.8) is 0 Å². The first kappa shape index (κ1) is 20.2. The van der Waals surface area contributed by atoms with Gasteiger partial charge in [0.2, 0.25) is 5.78 Å². The average Bonchev–Trinajstić information content (AvgIpc) is 3.05. The number of carbonyl (C=O) groups excluding carboxylic acids is 1. The van der Waals surface area contributed by atoms with E-state index in [0.29, 0.717) is 40.4 Å². The predicted molar refractivity (Wildman–Crippen MR) is 120 cm³/mol. The Balaban J connectivity index is 1.55. The quantitative estimate of drug-likeness (QED) is 0.420. The van der Waals surface area contributed by atoms with Gasteiger partial charge in [-0.3, -0.25) is 4.79 Å². The molecule has 4 rings (SSSR count). The molecule has 1 heterocycles. The Morgan fingerprint density at radius 1 is 1.03 bits per heavy atom. The summed E-state index contributed by atoms with van der Waals surface area (Å²) >= 11 is 6.21. The van der Waals surface area contributed by atoms with E-state index in [9.17, 15) is 4.79 Å². The van der Waals surface area contributed by atoms with E-state index in [0.717, 1.165) is 16.7 Å². The molecule has 152 valence electrons. The van der Waals surface area contributed by atoms with E-state index < -0.39 is 0 Å². The lowest BCUT2D eigenvalue weighted by molar-refractivity contribution is 0.101. The van der Waals surface area contributed by atoms with E-state index in [1.165, 1.54) is 5.56 Å². The van der Waals surface area contributed by atoms with Crippen LogP contribution in [-0.2, 0) is 6.61 Å². The Kier molecular flexibility index (Phi) is 5.65. The van der Waals surface area contributed by atoms with Crippen LogP contribution in [0.25, 0.3) is 6.08 Å². The number of Topliss-reactive ketones (excluding diaryl/α,β-unsaturated/α-hetero) is 1. The number of carbonyl (C=O) groups is 1. The molecular formula is C26H23ClO3. The summed E-state index contributed by atoms with van der Waals surface area (Å²) in [6.07, 6.45) is 1.79. The van der Waals surface area contributed by atoms with Gasteiger partial charge < -0.3 is 9.47 Å². The molecule has 1 aliphatic heterocycles. The zero-order valence-corrected chi connectivity index (χ0v) is 18.0. The summed E-state index contributed by atoms with van der Waals surface area (Å²) in [6.45, 7) is 6.55. The Hall–Kier alpha value is -3.04. The lowest BCUT2D eigenvalue weighted by atomic mass is 10.0. The second-order valence-corrected chi connectivity index (χ2v) is 8.11. The van der Waals surface area contributed by atoms with Crippen LogP contribution < -0.4 is 9.47 Å². The molecule has 0 amide bonds. The molecule has 4 heteroatoms. The van der Waals surface area contributed by atoms with Crippen molar-refractivity contribution in [2.75, 3.05) is 0 Å². The van der Waals surface area contributed by atoms with Crippen LogP contribution in [0.5, 0.6) is 11.5 Å². The molecule has 0 atom stereocenters. The Bertz CT molecular complexity index is 1130. The predicted octanol–water partition coefficient (Wildman–Crippen LogP) is 6.97. The van der Waals surface area contributed by atoms with Crippen molar-refractivity contribution in [1.29, 1.82) is 0 Å². The molecule has 3 aromatic rings. The van der Waals surface area contributed by atoms with Crippen LogP contribution in [0.4, 0.5) is 0 Å². The SMILES string of the molecule is Cc1c(OCc2ccccc2Cl)ccc2c1O/C(=C\c1ccc(C(C)C)cc1)C2=O. The number of allylic oxidation sites excluding steroid dienone is 1. The fourth-order valence-corrected chi connectivity index (χ4v) is 3.61.